The number of benzene rings is 4. The molecule has 0 aliphatic heterocycles. The number of nitrogens with one attached hydrogen (secondary N) is 1. The second-order valence-electron chi connectivity index (χ2n) is 13.5. The predicted molar refractivity (Wildman–Crippen MR) is 241 cm³/mol. The Morgan fingerprint density at radius 3 is 1.80 bits per heavy atom. The van der Waals surface area contributed by atoms with Crippen LogP contribution in [0, 0.1) is 18.7 Å². The summed E-state index contributed by atoms with van der Waals surface area (Å²) in [6, 6.07) is 34.3. The number of unbranched alkanes of at least 4 members (excludes halogenated alkanes) is 1. The number of halogens is 1. The molecule has 1 unspecified atom stereocenters. The molecule has 1 atom stereocenters. The zero-order valence-electron chi connectivity index (χ0n) is 34.5. The fourth-order valence-corrected chi connectivity index (χ4v) is 4.99. The van der Waals surface area contributed by atoms with Crippen LogP contribution in [-0.4, -0.2) is 6.54 Å². The van der Waals surface area contributed by atoms with Gasteiger partial charge in [-0.05, 0) is 121 Å². The van der Waals surface area contributed by atoms with Crippen molar-refractivity contribution < 1.29 is 4.39 Å². The van der Waals surface area contributed by atoms with E-state index in [0.717, 1.165) is 52.1 Å². The van der Waals surface area contributed by atoms with Crippen LogP contribution < -0.4 is 5.32 Å². The van der Waals surface area contributed by atoms with Crippen molar-refractivity contribution in [3.05, 3.63) is 185 Å². The van der Waals surface area contributed by atoms with Crippen LogP contribution in [0.25, 0.3) is 28.0 Å². The van der Waals surface area contributed by atoms with Gasteiger partial charge in [0.15, 0.2) is 0 Å². The van der Waals surface area contributed by atoms with E-state index in [1.165, 1.54) is 40.7 Å². The van der Waals surface area contributed by atoms with Gasteiger partial charge >= 0.3 is 0 Å². The van der Waals surface area contributed by atoms with Gasteiger partial charge in [0.2, 0.25) is 0 Å². The zero-order valence-corrected chi connectivity index (χ0v) is 34.5. The highest BCUT2D eigenvalue weighted by Crippen LogP contribution is 2.28. The smallest absolute Gasteiger partial charge is 0.124 e. The van der Waals surface area contributed by atoms with Crippen LogP contribution in [0.2, 0.25) is 0 Å². The average molecular weight is 722 g/mol. The molecule has 0 spiro atoms. The summed E-state index contributed by atoms with van der Waals surface area (Å²) in [6.07, 6.45) is 19.9. The van der Waals surface area contributed by atoms with Gasteiger partial charge in [0, 0.05) is 12.2 Å². The Kier molecular flexibility index (Phi) is 22.8. The van der Waals surface area contributed by atoms with Crippen LogP contribution in [0.5, 0.6) is 0 Å². The molecule has 0 aromatic heterocycles. The van der Waals surface area contributed by atoms with Crippen LogP contribution in [-0.2, 0) is 0 Å². The molecular formula is C52H64FN. The van der Waals surface area contributed by atoms with Crippen molar-refractivity contribution in [2.45, 2.75) is 87.5 Å². The molecule has 0 bridgehead atoms. The third-order valence-electron chi connectivity index (χ3n) is 9.18. The van der Waals surface area contributed by atoms with Crippen LogP contribution in [0.15, 0.2) is 157 Å². The summed E-state index contributed by atoms with van der Waals surface area (Å²) in [5, 5.41) is 3.40. The summed E-state index contributed by atoms with van der Waals surface area (Å²) >= 11 is 0. The number of allylic oxidation sites excluding steroid dienone is 9. The molecule has 0 aliphatic rings. The summed E-state index contributed by atoms with van der Waals surface area (Å²) in [5.41, 5.74) is 13.4. The van der Waals surface area contributed by atoms with Gasteiger partial charge in [-0.25, -0.2) is 4.39 Å². The summed E-state index contributed by atoms with van der Waals surface area (Å²) < 4.78 is 14.3. The lowest BCUT2D eigenvalue weighted by Gasteiger charge is -2.15. The van der Waals surface area contributed by atoms with Gasteiger partial charge in [-0.3, -0.25) is 0 Å². The third-order valence-corrected chi connectivity index (χ3v) is 9.18. The summed E-state index contributed by atoms with van der Waals surface area (Å²) in [7, 11) is 0. The molecule has 4 aromatic carbocycles. The van der Waals surface area contributed by atoms with Crippen LogP contribution in [0.1, 0.15) is 110 Å². The monoisotopic (exact) mass is 722 g/mol. The van der Waals surface area contributed by atoms with E-state index in [1.807, 2.05) is 37.3 Å². The van der Waals surface area contributed by atoms with Gasteiger partial charge in [-0.15, -0.1) is 12.8 Å². The first kappa shape index (κ1) is 46.6. The maximum absolute atomic E-state index is 14.3. The summed E-state index contributed by atoms with van der Waals surface area (Å²) in [5.74, 6) is 0.263. The molecule has 0 saturated heterocycles. The van der Waals surface area contributed by atoms with Gasteiger partial charge in [0.1, 0.15) is 5.82 Å². The quantitative estimate of drug-likeness (QED) is 0.107. The SMILES string of the molecule is C#C.C=C(NCC(C)c1ccccc1)c1ccccc1.C=C/C(C)=C(C)/C=C(\C)c1ccc(-c2cc(F)cc(/C(C)=C/C=C(\C)CC)c2)cc1.CCCC. The minimum Gasteiger partial charge on any atom is -0.384 e. The lowest BCUT2D eigenvalue weighted by molar-refractivity contribution is 0.628. The molecule has 0 heterocycles. The van der Waals surface area contributed by atoms with E-state index in [2.05, 4.69) is 172 Å². The number of terminal acetylenes is 1. The molecule has 4 rings (SSSR count). The van der Waals surface area contributed by atoms with E-state index in [4.69, 9.17) is 0 Å². The fraction of sp³-hybridized carbons (Fsp3) is 0.269. The Morgan fingerprint density at radius 2 is 1.26 bits per heavy atom. The lowest BCUT2D eigenvalue weighted by Crippen LogP contribution is -2.18. The van der Waals surface area contributed by atoms with Gasteiger partial charge in [-0.1, -0.05) is 169 Å². The largest absolute Gasteiger partial charge is 0.384 e. The lowest BCUT2D eigenvalue weighted by atomic mass is 9.96. The molecule has 0 aliphatic carbocycles. The normalized spacial score (nSPS) is 12.3. The number of hydrogen-bond acceptors (Lipinski definition) is 1. The Labute approximate surface area is 328 Å². The topological polar surface area (TPSA) is 12.0 Å². The molecule has 0 fully saturated rings. The second-order valence-corrected chi connectivity index (χ2v) is 13.5. The highest BCUT2D eigenvalue weighted by atomic mass is 19.1. The van der Waals surface area contributed by atoms with Crippen LogP contribution >= 0.6 is 0 Å². The van der Waals surface area contributed by atoms with Crippen molar-refractivity contribution in [3.63, 3.8) is 0 Å². The Hall–Kier alpha value is -5.39. The minimum atomic E-state index is -0.216. The van der Waals surface area contributed by atoms with Crippen molar-refractivity contribution in [3.8, 4) is 24.0 Å². The fourth-order valence-electron chi connectivity index (χ4n) is 4.99. The first-order valence-electron chi connectivity index (χ1n) is 19.0. The Bertz CT molecular complexity index is 1850. The van der Waals surface area contributed by atoms with Crippen molar-refractivity contribution in [2.75, 3.05) is 6.54 Å². The molecule has 0 saturated carbocycles. The second kappa shape index (κ2) is 26.4. The maximum Gasteiger partial charge on any atom is 0.124 e. The van der Waals surface area contributed by atoms with Crippen molar-refractivity contribution in [1.82, 2.24) is 5.32 Å². The molecular weight excluding hydrogens is 658 g/mol. The van der Waals surface area contributed by atoms with E-state index >= 15 is 0 Å². The Morgan fingerprint density at radius 1 is 0.685 bits per heavy atom. The standard InChI is InChI=1S/C29H33F.C17H19N.C4H10.C2H2/c1-8-20(3)10-11-22(5)27-17-28(19-29(30)18-27)26-14-12-25(13-15-26)24(7)16-23(6)21(4)9-2;1-14(16-9-5-3-6-10-16)13-18-15(2)17-11-7-4-8-12-17;1-3-4-2;1-2/h9-19H,2,8H2,1,3-7H3;3-12,14,18H,2,13H2,1H3;3-4H2,1-2H3;1-2H/b20-10+,22-11+,23-21+,24-16+;;;. The molecule has 0 radical (unpaired) electrons. The molecule has 1 N–H and O–H groups in total. The van der Waals surface area contributed by atoms with Crippen molar-refractivity contribution in [2.24, 2.45) is 0 Å². The number of hydrogen-bond donors (Lipinski definition) is 1. The summed E-state index contributed by atoms with van der Waals surface area (Å²) in [6.45, 7) is 27.9. The van der Waals surface area contributed by atoms with E-state index in [0.29, 0.717) is 5.92 Å². The van der Waals surface area contributed by atoms with Gasteiger partial charge in [-0.2, -0.15) is 0 Å². The van der Waals surface area contributed by atoms with Crippen molar-refractivity contribution in [1.29, 1.82) is 0 Å². The molecule has 54 heavy (non-hydrogen) atoms. The van der Waals surface area contributed by atoms with E-state index in [1.54, 1.807) is 12.1 Å². The zero-order chi connectivity index (χ0) is 40.5. The van der Waals surface area contributed by atoms with E-state index in [9.17, 15) is 4.39 Å². The maximum atomic E-state index is 14.3. The molecule has 0 amide bonds. The van der Waals surface area contributed by atoms with E-state index in [-0.39, 0.29) is 5.82 Å². The van der Waals surface area contributed by atoms with Crippen LogP contribution in [0.3, 0.4) is 0 Å². The highest BCUT2D eigenvalue weighted by Gasteiger charge is 2.07. The van der Waals surface area contributed by atoms with Crippen LogP contribution in [0.4, 0.5) is 4.39 Å². The van der Waals surface area contributed by atoms with E-state index < -0.39 is 0 Å². The van der Waals surface area contributed by atoms with Gasteiger partial charge in [0.25, 0.3) is 0 Å². The average Bonchev–Trinajstić information content (AvgIpc) is 3.22. The molecule has 284 valence electrons. The minimum absolute atomic E-state index is 0.216. The van der Waals surface area contributed by atoms with Gasteiger partial charge in [0.05, 0.1) is 0 Å². The predicted octanol–water partition coefficient (Wildman–Crippen LogP) is 15.3. The Balaban J connectivity index is 0.000000513. The summed E-state index contributed by atoms with van der Waals surface area (Å²) in [4.78, 5) is 0. The first-order chi connectivity index (χ1) is 25.9. The molecule has 4 aromatic rings. The first-order valence-corrected chi connectivity index (χ1v) is 19.0. The molecule has 2 heteroatoms. The molecule has 1 nitrogen and oxygen atoms in total. The van der Waals surface area contributed by atoms with Crippen molar-refractivity contribution >= 4 is 16.8 Å². The number of rotatable bonds is 13. The third kappa shape index (κ3) is 17.0. The highest BCUT2D eigenvalue weighted by molar-refractivity contribution is 5.75. The van der Waals surface area contributed by atoms with Gasteiger partial charge < -0.3 is 5.32 Å².